The van der Waals surface area contributed by atoms with Crippen molar-refractivity contribution in [2.75, 3.05) is 0 Å². The van der Waals surface area contributed by atoms with Crippen molar-refractivity contribution in [2.24, 2.45) is 0 Å². The Morgan fingerprint density at radius 1 is 1.07 bits per heavy atom. The Morgan fingerprint density at radius 3 is 2.38 bits per heavy atom. The molecule has 0 aliphatic rings. The van der Waals surface area contributed by atoms with E-state index in [9.17, 15) is 9.59 Å². The van der Waals surface area contributed by atoms with Crippen LogP contribution in [0.25, 0.3) is 11.0 Å². The van der Waals surface area contributed by atoms with Crippen LogP contribution in [0.5, 0.6) is 0 Å². The van der Waals surface area contributed by atoms with Gasteiger partial charge in [-0.3, -0.25) is 9.59 Å². The molecule has 0 radical (unpaired) electrons. The smallest absolute Gasteiger partial charge is 0.251 e. The average molecular weight is 393 g/mol. The number of hydrogen-bond acceptors (Lipinski definition) is 3. The zero-order valence-corrected chi connectivity index (χ0v) is 17.6. The zero-order valence-electron chi connectivity index (χ0n) is 17.6. The normalized spacial score (nSPS) is 12.6. The minimum Gasteiger partial charge on any atom is -0.350 e. The Hall–Kier alpha value is -3.15. The molecule has 1 aromatic heterocycles. The highest BCUT2D eigenvalue weighted by molar-refractivity contribution is 5.94. The molecule has 29 heavy (non-hydrogen) atoms. The molecule has 0 saturated heterocycles. The molecule has 0 bridgehead atoms. The van der Waals surface area contributed by atoms with E-state index in [-0.39, 0.29) is 29.9 Å². The van der Waals surface area contributed by atoms with E-state index in [0.717, 1.165) is 16.6 Å². The van der Waals surface area contributed by atoms with Gasteiger partial charge in [-0.2, -0.15) is 0 Å². The molecule has 0 aliphatic carbocycles. The van der Waals surface area contributed by atoms with E-state index >= 15 is 0 Å². The lowest BCUT2D eigenvalue weighted by Gasteiger charge is -2.22. The lowest BCUT2D eigenvalue weighted by atomic mass is 10.1. The van der Waals surface area contributed by atoms with Crippen LogP contribution >= 0.6 is 0 Å². The molecule has 3 aromatic rings. The fourth-order valence-corrected chi connectivity index (χ4v) is 3.24. The second-order valence-electron chi connectivity index (χ2n) is 8.40. The zero-order chi connectivity index (χ0) is 21.2. The Balaban J connectivity index is 1.88. The molecular formula is C23H28N4O2. The summed E-state index contributed by atoms with van der Waals surface area (Å²) < 4.78 is 1.87. The Morgan fingerprint density at radius 2 is 1.72 bits per heavy atom. The first-order valence-corrected chi connectivity index (χ1v) is 9.78. The average Bonchev–Trinajstić information content (AvgIpc) is 2.99. The highest BCUT2D eigenvalue weighted by atomic mass is 16.2. The van der Waals surface area contributed by atoms with Gasteiger partial charge in [0, 0.05) is 11.1 Å². The lowest BCUT2D eigenvalue weighted by Crippen LogP contribution is -2.42. The summed E-state index contributed by atoms with van der Waals surface area (Å²) in [6, 6.07) is 14.7. The molecular weight excluding hydrogens is 364 g/mol. The number of fused-ring (bicyclic) bond motifs is 1. The number of para-hydroxylation sites is 2. The molecule has 152 valence electrons. The number of carbonyl (C=O) groups excluding carboxylic acids is 2. The van der Waals surface area contributed by atoms with Crippen LogP contribution in [-0.2, 0) is 11.3 Å². The topological polar surface area (TPSA) is 76.0 Å². The van der Waals surface area contributed by atoms with Crippen molar-refractivity contribution in [3.8, 4) is 0 Å². The molecule has 2 N–H and O–H groups in total. The minimum atomic E-state index is -0.362. The highest BCUT2D eigenvalue weighted by Gasteiger charge is 2.22. The van der Waals surface area contributed by atoms with Gasteiger partial charge in [0.1, 0.15) is 12.4 Å². The number of aryl methyl sites for hydroxylation is 1. The Labute approximate surface area is 171 Å². The molecule has 6 nitrogen and oxygen atoms in total. The largest absolute Gasteiger partial charge is 0.350 e. The van der Waals surface area contributed by atoms with E-state index in [1.54, 1.807) is 12.1 Å². The third kappa shape index (κ3) is 5.02. The summed E-state index contributed by atoms with van der Waals surface area (Å²) in [4.78, 5) is 29.9. The molecule has 1 atom stereocenters. The van der Waals surface area contributed by atoms with Gasteiger partial charge in [-0.1, -0.05) is 29.8 Å². The van der Waals surface area contributed by atoms with Gasteiger partial charge in [0.15, 0.2) is 0 Å². The maximum atomic E-state index is 12.6. The van der Waals surface area contributed by atoms with Crippen molar-refractivity contribution in [2.45, 2.75) is 52.7 Å². The van der Waals surface area contributed by atoms with E-state index in [4.69, 9.17) is 4.98 Å². The van der Waals surface area contributed by atoms with E-state index in [1.807, 2.05) is 75.6 Å². The summed E-state index contributed by atoms with van der Waals surface area (Å²) in [7, 11) is 0. The van der Waals surface area contributed by atoms with E-state index in [1.165, 1.54) is 0 Å². The van der Waals surface area contributed by atoms with Crippen molar-refractivity contribution in [1.29, 1.82) is 0 Å². The maximum absolute atomic E-state index is 12.6. The quantitative estimate of drug-likeness (QED) is 0.694. The number of imidazole rings is 1. The van der Waals surface area contributed by atoms with Gasteiger partial charge in [0.05, 0.1) is 17.1 Å². The van der Waals surface area contributed by atoms with E-state index in [0.29, 0.717) is 11.4 Å². The number of nitrogens with one attached hydrogen (secondary N) is 2. The molecule has 6 heteroatoms. The van der Waals surface area contributed by atoms with Gasteiger partial charge in [-0.25, -0.2) is 4.98 Å². The maximum Gasteiger partial charge on any atom is 0.251 e. The first-order chi connectivity index (χ1) is 13.6. The Bertz CT molecular complexity index is 1030. The SMILES string of the molecule is Cc1ccc(C(=O)NC(C)c2nc3ccccc3n2CC(=O)NC(C)(C)C)cc1. The van der Waals surface area contributed by atoms with Crippen LogP contribution in [0.4, 0.5) is 0 Å². The number of carbonyl (C=O) groups is 2. The van der Waals surface area contributed by atoms with Crippen LogP contribution in [-0.4, -0.2) is 26.9 Å². The van der Waals surface area contributed by atoms with E-state index in [2.05, 4.69) is 10.6 Å². The molecule has 2 aromatic carbocycles. The monoisotopic (exact) mass is 392 g/mol. The van der Waals surface area contributed by atoms with Gasteiger partial charge in [-0.15, -0.1) is 0 Å². The van der Waals surface area contributed by atoms with Crippen molar-refractivity contribution >= 4 is 22.8 Å². The van der Waals surface area contributed by atoms with Crippen molar-refractivity contribution in [3.63, 3.8) is 0 Å². The number of hydrogen-bond donors (Lipinski definition) is 2. The molecule has 1 unspecified atom stereocenters. The number of benzene rings is 2. The third-order valence-electron chi connectivity index (χ3n) is 4.55. The van der Waals surface area contributed by atoms with Crippen LogP contribution in [0, 0.1) is 6.92 Å². The summed E-state index contributed by atoms with van der Waals surface area (Å²) in [6.07, 6.45) is 0. The second kappa shape index (κ2) is 8.07. The predicted molar refractivity (Wildman–Crippen MR) is 115 cm³/mol. The fourth-order valence-electron chi connectivity index (χ4n) is 3.24. The van der Waals surface area contributed by atoms with Gasteiger partial charge in [0.2, 0.25) is 5.91 Å². The van der Waals surface area contributed by atoms with Crippen LogP contribution in [0.3, 0.4) is 0 Å². The first kappa shape index (κ1) is 20.6. The minimum absolute atomic E-state index is 0.0982. The highest BCUT2D eigenvalue weighted by Crippen LogP contribution is 2.21. The Kier molecular flexibility index (Phi) is 5.73. The van der Waals surface area contributed by atoms with E-state index < -0.39 is 0 Å². The lowest BCUT2D eigenvalue weighted by molar-refractivity contribution is -0.123. The first-order valence-electron chi connectivity index (χ1n) is 9.78. The van der Waals surface area contributed by atoms with Crippen LogP contribution in [0.2, 0.25) is 0 Å². The van der Waals surface area contributed by atoms with Crippen LogP contribution in [0.1, 0.15) is 55.5 Å². The second-order valence-corrected chi connectivity index (χ2v) is 8.40. The number of amides is 2. The van der Waals surface area contributed by atoms with Gasteiger partial charge >= 0.3 is 0 Å². The standard InChI is InChI=1S/C23H28N4O2/c1-15-10-12-17(13-11-15)22(29)24-16(2)21-25-18-8-6-7-9-19(18)27(21)14-20(28)26-23(3,4)5/h6-13,16H,14H2,1-5H3,(H,24,29)(H,26,28). The van der Waals surface area contributed by atoms with Crippen LogP contribution in [0.15, 0.2) is 48.5 Å². The molecule has 2 amide bonds. The van der Waals surface area contributed by atoms with Crippen LogP contribution < -0.4 is 10.6 Å². The predicted octanol–water partition coefficient (Wildman–Crippen LogP) is 3.75. The van der Waals surface area contributed by atoms with Gasteiger partial charge in [0.25, 0.3) is 5.91 Å². The number of nitrogens with zero attached hydrogens (tertiary/aromatic N) is 2. The van der Waals surface area contributed by atoms with Gasteiger partial charge in [-0.05, 0) is 58.9 Å². The molecule has 3 rings (SSSR count). The number of rotatable bonds is 5. The summed E-state index contributed by atoms with van der Waals surface area (Å²) >= 11 is 0. The summed E-state index contributed by atoms with van der Waals surface area (Å²) in [5.41, 5.74) is 3.03. The summed E-state index contributed by atoms with van der Waals surface area (Å²) in [6.45, 7) is 9.84. The molecule has 0 aliphatic heterocycles. The molecule has 0 saturated carbocycles. The summed E-state index contributed by atoms with van der Waals surface area (Å²) in [5, 5.41) is 5.99. The molecule has 1 heterocycles. The third-order valence-corrected chi connectivity index (χ3v) is 4.55. The van der Waals surface area contributed by atoms with Crippen molar-refractivity contribution in [3.05, 3.63) is 65.5 Å². The van der Waals surface area contributed by atoms with Crippen molar-refractivity contribution in [1.82, 2.24) is 20.2 Å². The fraction of sp³-hybridized carbons (Fsp3) is 0.348. The molecule has 0 spiro atoms. The van der Waals surface area contributed by atoms with Crippen molar-refractivity contribution < 1.29 is 9.59 Å². The van der Waals surface area contributed by atoms with Gasteiger partial charge < -0.3 is 15.2 Å². The molecule has 0 fully saturated rings. The summed E-state index contributed by atoms with van der Waals surface area (Å²) in [5.74, 6) is 0.380. The number of aromatic nitrogens is 2.